The molecule has 0 bridgehead atoms. The van der Waals surface area contributed by atoms with Gasteiger partial charge in [-0.2, -0.15) is 0 Å². The molecule has 2 aliphatic rings. The summed E-state index contributed by atoms with van der Waals surface area (Å²) in [5.41, 5.74) is 2.10. The minimum atomic E-state index is 0.130. The number of halogens is 2. The predicted molar refractivity (Wildman–Crippen MR) is 136 cm³/mol. The normalized spacial score (nSPS) is 20.3. The first-order chi connectivity index (χ1) is 15.4. The van der Waals surface area contributed by atoms with Crippen molar-refractivity contribution in [2.24, 2.45) is 5.92 Å². The van der Waals surface area contributed by atoms with E-state index in [1.165, 1.54) is 17.3 Å². The molecule has 0 aliphatic carbocycles. The van der Waals surface area contributed by atoms with Gasteiger partial charge in [0.05, 0.1) is 6.10 Å². The number of piperidine rings is 1. The fourth-order valence-corrected chi connectivity index (χ4v) is 5.90. The van der Waals surface area contributed by atoms with Crippen LogP contribution in [0, 0.1) is 5.92 Å². The first kappa shape index (κ1) is 23.7. The molecule has 32 heavy (non-hydrogen) atoms. The molecule has 2 saturated heterocycles. The second-order valence-corrected chi connectivity index (χ2v) is 11.1. The van der Waals surface area contributed by atoms with Crippen molar-refractivity contribution in [2.75, 3.05) is 31.1 Å². The molecular formula is C25H30Cl2N2O2S. The third-order valence-corrected chi connectivity index (χ3v) is 7.75. The summed E-state index contributed by atoms with van der Waals surface area (Å²) in [7, 11) is 0. The number of rotatable bonds is 7. The van der Waals surface area contributed by atoms with Crippen molar-refractivity contribution in [3.63, 3.8) is 0 Å². The molecule has 172 valence electrons. The lowest BCUT2D eigenvalue weighted by atomic mass is 9.90. The number of ether oxygens (including phenoxy) is 1. The standard InChI is InChI=1S/C25H30Cl2N2O2S/c1-17(2)31-22-7-8-24(27)19(14-22)13-18-9-11-28(12-10-18)15-23-16-29(25(30)32-23)21-5-3-20(26)4-6-21/h3-8,14,17-18,23H,9-13,15-16H2,1-2H3. The maximum Gasteiger partial charge on any atom is 0.286 e. The Labute approximate surface area is 205 Å². The molecule has 1 amide bonds. The van der Waals surface area contributed by atoms with Gasteiger partial charge in [-0.15, -0.1) is 0 Å². The lowest BCUT2D eigenvalue weighted by Gasteiger charge is -2.33. The van der Waals surface area contributed by atoms with Crippen molar-refractivity contribution in [1.82, 2.24) is 4.90 Å². The molecule has 0 N–H and O–H groups in total. The molecule has 1 atom stereocenters. The average molecular weight is 494 g/mol. The number of benzene rings is 2. The highest BCUT2D eigenvalue weighted by Gasteiger charge is 2.33. The van der Waals surface area contributed by atoms with E-state index in [2.05, 4.69) is 11.0 Å². The van der Waals surface area contributed by atoms with Crippen LogP contribution in [0.15, 0.2) is 42.5 Å². The summed E-state index contributed by atoms with van der Waals surface area (Å²) in [6.45, 7) is 7.91. The third-order valence-electron chi connectivity index (χ3n) is 6.08. The number of carbonyl (C=O) groups is 1. The van der Waals surface area contributed by atoms with E-state index in [4.69, 9.17) is 27.9 Å². The van der Waals surface area contributed by atoms with E-state index in [9.17, 15) is 4.79 Å². The molecule has 0 radical (unpaired) electrons. The molecule has 2 heterocycles. The fourth-order valence-electron chi connectivity index (χ4n) is 4.47. The molecule has 2 aliphatic heterocycles. The van der Waals surface area contributed by atoms with Gasteiger partial charge in [0.1, 0.15) is 5.75 Å². The van der Waals surface area contributed by atoms with Crippen LogP contribution in [0.5, 0.6) is 5.75 Å². The zero-order chi connectivity index (χ0) is 22.7. The second-order valence-electron chi connectivity index (χ2n) is 8.96. The lowest BCUT2D eigenvalue weighted by Crippen LogP contribution is -2.39. The van der Waals surface area contributed by atoms with E-state index in [1.807, 2.05) is 55.1 Å². The van der Waals surface area contributed by atoms with Crippen LogP contribution in [0.2, 0.25) is 10.0 Å². The van der Waals surface area contributed by atoms with E-state index >= 15 is 0 Å². The van der Waals surface area contributed by atoms with Crippen LogP contribution < -0.4 is 9.64 Å². The van der Waals surface area contributed by atoms with Crippen molar-refractivity contribution < 1.29 is 9.53 Å². The minimum Gasteiger partial charge on any atom is -0.491 e. The van der Waals surface area contributed by atoms with Gasteiger partial charge >= 0.3 is 0 Å². The minimum absolute atomic E-state index is 0.130. The number of hydrogen-bond donors (Lipinski definition) is 0. The Balaban J connectivity index is 1.27. The van der Waals surface area contributed by atoms with Gasteiger partial charge in [0, 0.05) is 34.1 Å². The Kier molecular flexibility index (Phi) is 7.93. The molecule has 1 unspecified atom stereocenters. The molecule has 0 aromatic heterocycles. The quantitative estimate of drug-likeness (QED) is 0.426. The molecule has 4 rings (SSSR count). The molecule has 2 fully saturated rings. The molecular weight excluding hydrogens is 463 g/mol. The van der Waals surface area contributed by atoms with Crippen LogP contribution in [-0.2, 0) is 6.42 Å². The zero-order valence-electron chi connectivity index (χ0n) is 18.6. The summed E-state index contributed by atoms with van der Waals surface area (Å²) in [5, 5.41) is 1.94. The van der Waals surface area contributed by atoms with Crippen LogP contribution in [0.25, 0.3) is 0 Å². The Morgan fingerprint density at radius 3 is 2.50 bits per heavy atom. The van der Waals surface area contributed by atoms with Crippen molar-refractivity contribution >= 4 is 45.9 Å². The molecule has 7 heteroatoms. The first-order valence-electron chi connectivity index (χ1n) is 11.3. The third kappa shape index (κ3) is 6.13. The SMILES string of the molecule is CC(C)Oc1ccc(Cl)c(CC2CCN(CC3CN(c4ccc(Cl)cc4)C(=O)S3)CC2)c1. The molecule has 0 saturated carbocycles. The van der Waals surface area contributed by atoms with E-state index in [0.717, 1.165) is 61.9 Å². The largest absolute Gasteiger partial charge is 0.491 e. The number of nitrogens with zero attached hydrogens (tertiary/aromatic N) is 2. The van der Waals surface area contributed by atoms with Crippen molar-refractivity contribution in [3.8, 4) is 5.75 Å². The van der Waals surface area contributed by atoms with Crippen molar-refractivity contribution in [3.05, 3.63) is 58.1 Å². The van der Waals surface area contributed by atoms with Crippen LogP contribution in [0.3, 0.4) is 0 Å². The number of carbonyl (C=O) groups excluding carboxylic acids is 1. The maximum absolute atomic E-state index is 12.5. The van der Waals surface area contributed by atoms with Gasteiger partial charge in [0.2, 0.25) is 0 Å². The number of hydrogen-bond acceptors (Lipinski definition) is 4. The summed E-state index contributed by atoms with van der Waals surface area (Å²) in [4.78, 5) is 16.9. The van der Waals surface area contributed by atoms with Crippen LogP contribution in [-0.4, -0.2) is 47.7 Å². The summed E-state index contributed by atoms with van der Waals surface area (Å²) in [5.74, 6) is 1.52. The Hall–Kier alpha value is -1.40. The molecule has 2 aromatic rings. The highest BCUT2D eigenvalue weighted by molar-refractivity contribution is 8.14. The fraction of sp³-hybridized carbons (Fsp3) is 0.480. The van der Waals surface area contributed by atoms with Gasteiger partial charge < -0.3 is 14.5 Å². The van der Waals surface area contributed by atoms with Gasteiger partial charge in [0.25, 0.3) is 5.24 Å². The van der Waals surface area contributed by atoms with E-state index in [-0.39, 0.29) is 11.3 Å². The summed E-state index contributed by atoms with van der Waals surface area (Å²) in [6.07, 6.45) is 3.45. The zero-order valence-corrected chi connectivity index (χ0v) is 20.9. The average Bonchev–Trinajstić information content (AvgIpc) is 3.12. The Morgan fingerprint density at radius 2 is 1.81 bits per heavy atom. The smallest absolute Gasteiger partial charge is 0.286 e. The lowest BCUT2D eigenvalue weighted by molar-refractivity contribution is 0.185. The maximum atomic E-state index is 12.5. The van der Waals surface area contributed by atoms with Gasteiger partial charge in [-0.1, -0.05) is 35.0 Å². The first-order valence-corrected chi connectivity index (χ1v) is 12.9. The van der Waals surface area contributed by atoms with E-state index in [0.29, 0.717) is 16.2 Å². The monoisotopic (exact) mass is 492 g/mol. The van der Waals surface area contributed by atoms with Crippen molar-refractivity contribution in [2.45, 2.75) is 44.5 Å². The van der Waals surface area contributed by atoms with Gasteiger partial charge in [0.15, 0.2) is 0 Å². The summed E-state index contributed by atoms with van der Waals surface area (Å²) in [6, 6.07) is 13.5. The van der Waals surface area contributed by atoms with Gasteiger partial charge in [-0.3, -0.25) is 4.79 Å². The summed E-state index contributed by atoms with van der Waals surface area (Å²) >= 11 is 13.9. The van der Waals surface area contributed by atoms with Crippen LogP contribution >= 0.6 is 35.0 Å². The molecule has 4 nitrogen and oxygen atoms in total. The van der Waals surface area contributed by atoms with Crippen LogP contribution in [0.1, 0.15) is 32.3 Å². The van der Waals surface area contributed by atoms with E-state index in [1.54, 1.807) is 0 Å². The number of thioether (sulfide) groups is 1. The number of amides is 1. The predicted octanol–water partition coefficient (Wildman–Crippen LogP) is 6.78. The topological polar surface area (TPSA) is 32.8 Å². The van der Waals surface area contributed by atoms with Gasteiger partial charge in [-0.05, 0) is 100 Å². The Morgan fingerprint density at radius 1 is 1.09 bits per heavy atom. The molecule has 2 aromatic carbocycles. The van der Waals surface area contributed by atoms with Crippen molar-refractivity contribution in [1.29, 1.82) is 0 Å². The highest BCUT2D eigenvalue weighted by Crippen LogP contribution is 2.33. The Bertz CT molecular complexity index is 930. The van der Waals surface area contributed by atoms with Gasteiger partial charge in [-0.25, -0.2) is 0 Å². The number of likely N-dealkylation sites (tertiary alicyclic amines) is 1. The van der Waals surface area contributed by atoms with Crippen LogP contribution in [0.4, 0.5) is 10.5 Å². The second kappa shape index (κ2) is 10.7. The molecule has 0 spiro atoms. The summed E-state index contributed by atoms with van der Waals surface area (Å²) < 4.78 is 5.84. The van der Waals surface area contributed by atoms with E-state index < -0.39 is 0 Å². The number of anilines is 1. The highest BCUT2D eigenvalue weighted by atomic mass is 35.5.